The zero-order valence-electron chi connectivity index (χ0n) is 18.2. The fourth-order valence-corrected chi connectivity index (χ4v) is 3.75. The maximum absolute atomic E-state index is 5.48. The van der Waals surface area contributed by atoms with Gasteiger partial charge >= 0.3 is 0 Å². The second-order valence-electron chi connectivity index (χ2n) is 7.28. The summed E-state index contributed by atoms with van der Waals surface area (Å²) in [6.07, 6.45) is 4.26. The fraction of sp³-hybridized carbons (Fsp3) is 0.478. The van der Waals surface area contributed by atoms with Crippen LogP contribution in [0.3, 0.4) is 0 Å². The molecule has 0 bridgehead atoms. The van der Waals surface area contributed by atoms with Gasteiger partial charge in [0, 0.05) is 32.4 Å². The standard InChI is InChI=1S/C23H33N5O2/c1-4-30-22-14-18(10-11-25-22)16-26-23(24-2)27-17-21(28-12-5-6-13-28)19-8-7-9-20(15-19)29-3/h7-11,14-15,21H,4-6,12-13,16-17H2,1-3H3,(H2,24,26,27). The van der Waals surface area contributed by atoms with Crippen molar-refractivity contribution in [1.82, 2.24) is 20.5 Å². The Morgan fingerprint density at radius 2 is 2.03 bits per heavy atom. The molecule has 0 amide bonds. The van der Waals surface area contributed by atoms with Gasteiger partial charge in [0.15, 0.2) is 5.96 Å². The SMILES string of the molecule is CCOc1cc(CNC(=NC)NCC(c2cccc(OC)c2)N2CCCC2)ccn1. The van der Waals surface area contributed by atoms with Crippen LogP contribution < -0.4 is 20.1 Å². The molecule has 1 aliphatic rings. The lowest BCUT2D eigenvalue weighted by molar-refractivity contribution is 0.245. The number of pyridine rings is 1. The Morgan fingerprint density at radius 3 is 2.77 bits per heavy atom. The number of rotatable bonds is 9. The number of ether oxygens (including phenoxy) is 2. The van der Waals surface area contributed by atoms with E-state index in [1.807, 2.05) is 25.1 Å². The summed E-state index contributed by atoms with van der Waals surface area (Å²) in [5.74, 6) is 2.31. The zero-order valence-corrected chi connectivity index (χ0v) is 18.2. The van der Waals surface area contributed by atoms with Crippen LogP contribution in [0.1, 0.15) is 36.9 Å². The van der Waals surface area contributed by atoms with Crippen LogP contribution in [0.15, 0.2) is 47.6 Å². The van der Waals surface area contributed by atoms with Crippen molar-refractivity contribution in [1.29, 1.82) is 0 Å². The van der Waals surface area contributed by atoms with Gasteiger partial charge in [-0.15, -0.1) is 0 Å². The van der Waals surface area contributed by atoms with E-state index in [1.165, 1.54) is 18.4 Å². The predicted molar refractivity (Wildman–Crippen MR) is 120 cm³/mol. The molecule has 2 N–H and O–H groups in total. The van der Waals surface area contributed by atoms with Crippen molar-refractivity contribution in [2.24, 2.45) is 4.99 Å². The van der Waals surface area contributed by atoms with Crippen LogP contribution >= 0.6 is 0 Å². The van der Waals surface area contributed by atoms with E-state index in [1.54, 1.807) is 20.4 Å². The van der Waals surface area contributed by atoms with E-state index in [9.17, 15) is 0 Å². The predicted octanol–water partition coefficient (Wildman–Crippen LogP) is 2.99. The van der Waals surface area contributed by atoms with Gasteiger partial charge in [-0.3, -0.25) is 9.89 Å². The van der Waals surface area contributed by atoms with Crippen LogP contribution in [0, 0.1) is 0 Å². The minimum Gasteiger partial charge on any atom is -0.497 e. The monoisotopic (exact) mass is 411 g/mol. The Labute approximate surface area is 179 Å². The van der Waals surface area contributed by atoms with Crippen molar-refractivity contribution in [3.63, 3.8) is 0 Å². The second kappa shape index (κ2) is 11.4. The molecule has 0 spiro atoms. The van der Waals surface area contributed by atoms with E-state index in [4.69, 9.17) is 9.47 Å². The highest BCUT2D eigenvalue weighted by atomic mass is 16.5. The minimum atomic E-state index is 0.270. The van der Waals surface area contributed by atoms with Gasteiger partial charge in [-0.1, -0.05) is 12.1 Å². The molecule has 1 fully saturated rings. The molecule has 0 aliphatic carbocycles. The second-order valence-corrected chi connectivity index (χ2v) is 7.28. The molecular formula is C23H33N5O2. The molecule has 0 saturated carbocycles. The smallest absolute Gasteiger partial charge is 0.213 e. The van der Waals surface area contributed by atoms with Crippen molar-refractivity contribution in [2.75, 3.05) is 40.4 Å². The number of hydrogen-bond donors (Lipinski definition) is 2. The Balaban J connectivity index is 1.62. The average Bonchev–Trinajstić information content (AvgIpc) is 3.31. The maximum Gasteiger partial charge on any atom is 0.213 e. The molecule has 1 atom stereocenters. The first-order valence-corrected chi connectivity index (χ1v) is 10.6. The Bertz CT molecular complexity index is 821. The van der Waals surface area contributed by atoms with Gasteiger partial charge in [0.25, 0.3) is 0 Å². The minimum absolute atomic E-state index is 0.270. The van der Waals surface area contributed by atoms with Crippen molar-refractivity contribution in [3.05, 3.63) is 53.7 Å². The highest BCUT2D eigenvalue weighted by Crippen LogP contribution is 2.27. The summed E-state index contributed by atoms with van der Waals surface area (Å²) in [4.78, 5) is 11.1. The lowest BCUT2D eigenvalue weighted by Gasteiger charge is -2.29. The summed E-state index contributed by atoms with van der Waals surface area (Å²) in [6, 6.07) is 12.6. The molecular weight excluding hydrogens is 378 g/mol. The highest BCUT2D eigenvalue weighted by molar-refractivity contribution is 5.79. The average molecular weight is 412 g/mol. The number of guanidine groups is 1. The summed E-state index contributed by atoms with van der Waals surface area (Å²) in [7, 11) is 3.51. The van der Waals surface area contributed by atoms with Gasteiger partial charge in [0.05, 0.1) is 19.8 Å². The molecule has 7 heteroatoms. The van der Waals surface area contributed by atoms with E-state index in [2.05, 4.69) is 43.7 Å². The topological polar surface area (TPSA) is 71.0 Å². The third-order valence-electron chi connectivity index (χ3n) is 5.30. The Kier molecular flexibility index (Phi) is 8.32. The number of methoxy groups -OCH3 is 1. The molecule has 2 heterocycles. The molecule has 2 aromatic rings. The quantitative estimate of drug-likeness (QED) is 0.488. The normalized spacial score (nSPS) is 15.6. The van der Waals surface area contributed by atoms with Crippen LogP contribution in [0.4, 0.5) is 0 Å². The summed E-state index contributed by atoms with van der Waals surface area (Å²) in [5.41, 5.74) is 2.36. The zero-order chi connectivity index (χ0) is 21.2. The summed E-state index contributed by atoms with van der Waals surface area (Å²) in [5, 5.41) is 6.89. The highest BCUT2D eigenvalue weighted by Gasteiger charge is 2.24. The van der Waals surface area contributed by atoms with Gasteiger partial charge in [-0.05, 0) is 62.2 Å². The summed E-state index contributed by atoms with van der Waals surface area (Å²) < 4.78 is 10.9. The molecule has 0 radical (unpaired) electrons. The van der Waals surface area contributed by atoms with E-state index in [-0.39, 0.29) is 6.04 Å². The van der Waals surface area contributed by atoms with E-state index in [0.29, 0.717) is 19.0 Å². The van der Waals surface area contributed by atoms with Crippen LogP contribution in [-0.2, 0) is 6.54 Å². The first kappa shape index (κ1) is 21.9. The number of benzene rings is 1. The van der Waals surface area contributed by atoms with Gasteiger partial charge in [-0.2, -0.15) is 0 Å². The molecule has 1 aromatic carbocycles. The van der Waals surface area contributed by atoms with Crippen LogP contribution in [0.5, 0.6) is 11.6 Å². The van der Waals surface area contributed by atoms with Crippen molar-refractivity contribution < 1.29 is 9.47 Å². The van der Waals surface area contributed by atoms with E-state index < -0.39 is 0 Å². The number of aromatic nitrogens is 1. The Morgan fingerprint density at radius 1 is 1.20 bits per heavy atom. The largest absolute Gasteiger partial charge is 0.497 e. The number of hydrogen-bond acceptors (Lipinski definition) is 5. The number of aliphatic imine (C=N–C) groups is 1. The van der Waals surface area contributed by atoms with Crippen LogP contribution in [-0.4, -0.2) is 56.2 Å². The first-order valence-electron chi connectivity index (χ1n) is 10.6. The van der Waals surface area contributed by atoms with Crippen LogP contribution in [0.2, 0.25) is 0 Å². The molecule has 1 aliphatic heterocycles. The van der Waals surface area contributed by atoms with E-state index >= 15 is 0 Å². The molecule has 7 nitrogen and oxygen atoms in total. The number of nitrogens with zero attached hydrogens (tertiary/aromatic N) is 3. The first-order chi connectivity index (χ1) is 14.7. The lowest BCUT2D eigenvalue weighted by atomic mass is 10.1. The van der Waals surface area contributed by atoms with Gasteiger partial charge in [0.2, 0.25) is 5.88 Å². The lowest BCUT2D eigenvalue weighted by Crippen LogP contribution is -2.42. The molecule has 1 saturated heterocycles. The third-order valence-corrected chi connectivity index (χ3v) is 5.30. The summed E-state index contributed by atoms with van der Waals surface area (Å²) in [6.45, 7) is 6.22. The fourth-order valence-electron chi connectivity index (χ4n) is 3.75. The van der Waals surface area contributed by atoms with Gasteiger partial charge in [0.1, 0.15) is 5.75 Å². The molecule has 30 heavy (non-hydrogen) atoms. The Hall–Kier alpha value is -2.80. The molecule has 162 valence electrons. The molecule has 3 rings (SSSR count). The van der Waals surface area contributed by atoms with E-state index in [0.717, 1.165) is 36.9 Å². The van der Waals surface area contributed by atoms with Gasteiger partial charge < -0.3 is 20.1 Å². The number of nitrogens with one attached hydrogen (secondary N) is 2. The van der Waals surface area contributed by atoms with Crippen LogP contribution in [0.25, 0.3) is 0 Å². The van der Waals surface area contributed by atoms with Gasteiger partial charge in [-0.25, -0.2) is 4.98 Å². The number of likely N-dealkylation sites (tertiary alicyclic amines) is 1. The third kappa shape index (κ3) is 6.10. The molecule has 1 unspecified atom stereocenters. The van der Waals surface area contributed by atoms with Crippen molar-refractivity contribution in [2.45, 2.75) is 32.4 Å². The maximum atomic E-state index is 5.48. The van der Waals surface area contributed by atoms with Crippen molar-refractivity contribution in [3.8, 4) is 11.6 Å². The van der Waals surface area contributed by atoms with Crippen molar-refractivity contribution >= 4 is 5.96 Å². The molecule has 1 aromatic heterocycles. The summed E-state index contributed by atoms with van der Waals surface area (Å²) >= 11 is 0.